The third kappa shape index (κ3) is 7.37. The minimum Gasteiger partial charge on any atom is -0.460 e. The van der Waals surface area contributed by atoms with E-state index in [1.54, 1.807) is 6.92 Å². The number of aliphatic imine (C=N–C) groups is 1. The van der Waals surface area contributed by atoms with Crippen LogP contribution in [-0.4, -0.2) is 24.9 Å². The molecule has 2 rings (SSSR count). The van der Waals surface area contributed by atoms with E-state index in [0.717, 1.165) is 6.07 Å². The van der Waals surface area contributed by atoms with Crippen LogP contribution in [0.4, 0.5) is 18.9 Å². The number of nitrogens with one attached hydrogen (secondary N) is 1. The number of anilines is 1. The summed E-state index contributed by atoms with van der Waals surface area (Å²) in [6, 6.07) is 8.34. The molecule has 0 aliphatic heterocycles. The molecule has 0 aliphatic rings. The van der Waals surface area contributed by atoms with Crippen molar-refractivity contribution in [3.63, 3.8) is 0 Å². The summed E-state index contributed by atoms with van der Waals surface area (Å²) in [5, 5.41) is 2.52. The molecule has 3 N–H and O–H groups in total. The monoisotopic (exact) mass is 499 g/mol. The van der Waals surface area contributed by atoms with Gasteiger partial charge in [-0.3, -0.25) is 0 Å². The maximum atomic E-state index is 12.4. The number of nitrogens with two attached hydrogens (primary N) is 1. The van der Waals surface area contributed by atoms with Crippen LogP contribution in [0.1, 0.15) is 23.2 Å². The standard InChI is InChI=1S/C16H16F3N3O4.HI/c1-2-24-14(23)13-8-7-10(25-13)9-21-15(20)22-11-5-3-4-6-12(11)26-16(17,18)19;/h3-8H,2,9H2,1H3,(H3,20,21,22);1H. The quantitative estimate of drug-likeness (QED) is 0.271. The van der Waals surface area contributed by atoms with E-state index in [0.29, 0.717) is 5.76 Å². The first-order valence-corrected chi connectivity index (χ1v) is 7.46. The predicted molar refractivity (Wildman–Crippen MR) is 102 cm³/mol. The number of guanidine groups is 1. The number of carbonyl (C=O) groups excluding carboxylic acids is 1. The summed E-state index contributed by atoms with van der Waals surface area (Å²) in [7, 11) is 0. The molecule has 11 heteroatoms. The molecule has 2 aromatic rings. The van der Waals surface area contributed by atoms with E-state index in [9.17, 15) is 18.0 Å². The number of ether oxygens (including phenoxy) is 2. The molecule has 0 saturated carbocycles. The molecule has 148 valence electrons. The molecule has 1 aromatic carbocycles. The van der Waals surface area contributed by atoms with Crippen LogP contribution < -0.4 is 15.8 Å². The molecular formula is C16H17F3IN3O4. The second kappa shape index (κ2) is 10.0. The molecule has 7 nitrogen and oxygen atoms in total. The van der Waals surface area contributed by atoms with Crippen LogP contribution in [-0.2, 0) is 11.3 Å². The Morgan fingerprint density at radius 2 is 1.96 bits per heavy atom. The molecule has 0 amide bonds. The van der Waals surface area contributed by atoms with Crippen molar-refractivity contribution in [1.29, 1.82) is 0 Å². The van der Waals surface area contributed by atoms with Gasteiger partial charge >= 0.3 is 12.3 Å². The van der Waals surface area contributed by atoms with Crippen molar-refractivity contribution in [2.75, 3.05) is 11.9 Å². The highest BCUT2D eigenvalue weighted by Gasteiger charge is 2.32. The molecule has 27 heavy (non-hydrogen) atoms. The number of rotatable bonds is 6. The minimum absolute atomic E-state index is 0. The summed E-state index contributed by atoms with van der Waals surface area (Å²) in [6.45, 7) is 1.85. The second-order valence-corrected chi connectivity index (χ2v) is 4.86. The van der Waals surface area contributed by atoms with Gasteiger partial charge in [-0.05, 0) is 31.2 Å². The van der Waals surface area contributed by atoms with Crippen molar-refractivity contribution in [3.05, 3.63) is 47.9 Å². The third-order valence-corrected chi connectivity index (χ3v) is 2.92. The summed E-state index contributed by atoms with van der Waals surface area (Å²) >= 11 is 0. The van der Waals surface area contributed by atoms with Gasteiger partial charge in [0.05, 0.1) is 12.3 Å². The fraction of sp³-hybridized carbons (Fsp3) is 0.250. The lowest BCUT2D eigenvalue weighted by molar-refractivity contribution is -0.274. The minimum atomic E-state index is -4.83. The van der Waals surface area contributed by atoms with E-state index in [-0.39, 0.29) is 54.5 Å². The first-order chi connectivity index (χ1) is 12.3. The molecule has 0 fully saturated rings. The summed E-state index contributed by atoms with van der Waals surface area (Å²) in [4.78, 5) is 15.4. The maximum Gasteiger partial charge on any atom is 0.573 e. The van der Waals surface area contributed by atoms with Gasteiger partial charge in [-0.1, -0.05) is 12.1 Å². The van der Waals surface area contributed by atoms with Crippen molar-refractivity contribution in [2.45, 2.75) is 19.8 Å². The summed E-state index contributed by atoms with van der Waals surface area (Å²) in [5.41, 5.74) is 5.67. The first kappa shape index (κ1) is 22.6. The molecule has 0 atom stereocenters. The van der Waals surface area contributed by atoms with Crippen LogP contribution in [0.5, 0.6) is 5.75 Å². The number of benzene rings is 1. The van der Waals surface area contributed by atoms with Crippen LogP contribution in [0.3, 0.4) is 0 Å². The number of furan rings is 1. The van der Waals surface area contributed by atoms with Crippen molar-refractivity contribution < 1.29 is 31.9 Å². The van der Waals surface area contributed by atoms with Gasteiger partial charge in [0.25, 0.3) is 0 Å². The van der Waals surface area contributed by atoms with E-state index in [4.69, 9.17) is 14.9 Å². The SMILES string of the molecule is CCOC(=O)c1ccc(CN=C(N)Nc2ccccc2OC(F)(F)F)o1.I. The van der Waals surface area contributed by atoms with Gasteiger partial charge in [0.15, 0.2) is 11.7 Å². The number of para-hydroxylation sites is 2. The Bertz CT molecular complexity index is 793. The highest BCUT2D eigenvalue weighted by molar-refractivity contribution is 14.0. The lowest BCUT2D eigenvalue weighted by atomic mass is 10.3. The van der Waals surface area contributed by atoms with Gasteiger partial charge in [-0.15, -0.1) is 37.1 Å². The molecule has 0 saturated heterocycles. The summed E-state index contributed by atoms with van der Waals surface area (Å²) < 4.78 is 51.1. The van der Waals surface area contributed by atoms with Crippen LogP contribution in [0.25, 0.3) is 0 Å². The van der Waals surface area contributed by atoms with Crippen molar-refractivity contribution >= 4 is 41.6 Å². The van der Waals surface area contributed by atoms with E-state index < -0.39 is 18.1 Å². The number of nitrogens with zero attached hydrogens (tertiary/aromatic N) is 1. The highest BCUT2D eigenvalue weighted by Crippen LogP contribution is 2.29. The Balaban J connectivity index is 0.00000364. The average Bonchev–Trinajstić information content (AvgIpc) is 3.03. The number of hydrogen-bond acceptors (Lipinski definition) is 5. The normalized spacial score (nSPS) is 11.5. The molecule has 0 aliphatic carbocycles. The zero-order valence-corrected chi connectivity index (χ0v) is 16.4. The number of alkyl halides is 3. The van der Waals surface area contributed by atoms with E-state index in [2.05, 4.69) is 15.0 Å². The first-order valence-electron chi connectivity index (χ1n) is 7.46. The van der Waals surface area contributed by atoms with Gasteiger partial charge in [0, 0.05) is 0 Å². The van der Waals surface area contributed by atoms with Crippen molar-refractivity contribution in [1.82, 2.24) is 0 Å². The molecule has 0 bridgehead atoms. The van der Waals surface area contributed by atoms with Gasteiger partial charge < -0.3 is 24.9 Å². The Kier molecular flexibility index (Phi) is 8.40. The van der Waals surface area contributed by atoms with Crippen molar-refractivity contribution in [2.24, 2.45) is 10.7 Å². The number of esters is 1. The van der Waals surface area contributed by atoms with Gasteiger partial charge in [0.1, 0.15) is 12.3 Å². The lowest BCUT2D eigenvalue weighted by Gasteiger charge is -2.13. The Morgan fingerprint density at radius 3 is 2.63 bits per heavy atom. The smallest absolute Gasteiger partial charge is 0.460 e. The predicted octanol–water partition coefficient (Wildman–Crippen LogP) is 3.90. The second-order valence-electron chi connectivity index (χ2n) is 4.86. The van der Waals surface area contributed by atoms with Crippen molar-refractivity contribution in [3.8, 4) is 5.75 Å². The fourth-order valence-electron chi connectivity index (χ4n) is 1.90. The highest BCUT2D eigenvalue weighted by atomic mass is 127. The molecule has 0 spiro atoms. The van der Waals surface area contributed by atoms with Crippen LogP contribution in [0.2, 0.25) is 0 Å². The third-order valence-electron chi connectivity index (χ3n) is 2.92. The summed E-state index contributed by atoms with van der Waals surface area (Å²) in [6.07, 6.45) is -4.83. The lowest BCUT2D eigenvalue weighted by Crippen LogP contribution is -2.24. The Hall–Kier alpha value is -2.44. The van der Waals surface area contributed by atoms with E-state index >= 15 is 0 Å². The van der Waals surface area contributed by atoms with Crippen LogP contribution >= 0.6 is 24.0 Å². The largest absolute Gasteiger partial charge is 0.573 e. The van der Waals surface area contributed by atoms with Gasteiger partial charge in [0.2, 0.25) is 5.76 Å². The van der Waals surface area contributed by atoms with E-state index in [1.807, 2.05) is 0 Å². The van der Waals surface area contributed by atoms with Crippen LogP contribution in [0, 0.1) is 0 Å². The Morgan fingerprint density at radius 1 is 1.26 bits per heavy atom. The number of carbonyl (C=O) groups is 1. The van der Waals surface area contributed by atoms with Gasteiger partial charge in [-0.25, -0.2) is 9.79 Å². The number of hydrogen-bond donors (Lipinski definition) is 2. The van der Waals surface area contributed by atoms with Gasteiger partial charge in [-0.2, -0.15) is 0 Å². The molecule has 1 heterocycles. The molecular weight excluding hydrogens is 482 g/mol. The zero-order chi connectivity index (χ0) is 19.2. The molecule has 1 aromatic heterocycles. The summed E-state index contributed by atoms with van der Waals surface area (Å²) in [5.74, 6) is -0.852. The number of halogens is 4. The topological polar surface area (TPSA) is 99.1 Å². The average molecular weight is 499 g/mol. The molecule has 0 unspecified atom stereocenters. The van der Waals surface area contributed by atoms with E-state index in [1.165, 1.54) is 30.3 Å². The Labute approximate surface area is 169 Å². The fourth-order valence-corrected chi connectivity index (χ4v) is 1.90. The molecule has 0 radical (unpaired) electrons. The maximum absolute atomic E-state index is 12.4. The zero-order valence-electron chi connectivity index (χ0n) is 14.1. The van der Waals surface area contributed by atoms with Crippen LogP contribution in [0.15, 0.2) is 45.8 Å².